The standard InChI is InChI=1S/C19H20ClN7O3/c20-12-9-23-17-15(16(21)25-27(17)11-12)18(28)24-13-10-22-4-1-14(13)26-5-2-19(3-6-26)29-7-8-30-19/h1,4,9-11H,2-3,5-8H2,(H2,21,25)(H,24,28). The van der Waals surface area contributed by atoms with Crippen molar-refractivity contribution >= 4 is 40.3 Å². The molecular weight excluding hydrogens is 410 g/mol. The van der Waals surface area contributed by atoms with Crippen molar-refractivity contribution in [1.29, 1.82) is 0 Å². The number of anilines is 3. The van der Waals surface area contributed by atoms with Crippen LogP contribution in [-0.4, -0.2) is 57.6 Å². The van der Waals surface area contributed by atoms with Crippen molar-refractivity contribution in [1.82, 2.24) is 19.6 Å². The van der Waals surface area contributed by atoms with Crippen LogP contribution in [-0.2, 0) is 9.47 Å². The number of piperidine rings is 1. The van der Waals surface area contributed by atoms with Crippen LogP contribution in [0.25, 0.3) is 5.65 Å². The van der Waals surface area contributed by atoms with Crippen LogP contribution in [0, 0.1) is 0 Å². The molecule has 11 heteroatoms. The normalized spacial score (nSPS) is 18.2. The van der Waals surface area contributed by atoms with Gasteiger partial charge in [-0.15, -0.1) is 5.10 Å². The molecule has 30 heavy (non-hydrogen) atoms. The lowest BCUT2D eigenvalue weighted by Gasteiger charge is -2.39. The first-order valence-corrected chi connectivity index (χ1v) is 10.0. The van der Waals surface area contributed by atoms with Crippen molar-refractivity contribution in [3.8, 4) is 0 Å². The first-order chi connectivity index (χ1) is 14.5. The molecule has 2 saturated heterocycles. The van der Waals surface area contributed by atoms with Gasteiger partial charge in [0.1, 0.15) is 5.56 Å². The minimum Gasteiger partial charge on any atom is -0.381 e. The summed E-state index contributed by atoms with van der Waals surface area (Å²) in [5.74, 6) is -0.809. The first kappa shape index (κ1) is 19.0. The summed E-state index contributed by atoms with van der Waals surface area (Å²) in [4.78, 5) is 23.6. The molecule has 0 aliphatic carbocycles. The topological polar surface area (TPSA) is 120 Å². The van der Waals surface area contributed by atoms with Crippen LogP contribution in [0.2, 0.25) is 5.02 Å². The molecule has 0 radical (unpaired) electrons. The Morgan fingerprint density at radius 3 is 2.77 bits per heavy atom. The predicted molar refractivity (Wildman–Crippen MR) is 111 cm³/mol. The molecule has 10 nitrogen and oxygen atoms in total. The number of aromatic nitrogens is 4. The quantitative estimate of drug-likeness (QED) is 0.648. The summed E-state index contributed by atoms with van der Waals surface area (Å²) in [7, 11) is 0. The van der Waals surface area contributed by atoms with E-state index in [-0.39, 0.29) is 11.4 Å². The molecule has 0 atom stereocenters. The number of amides is 1. The number of nitrogens with zero attached hydrogens (tertiary/aromatic N) is 5. The van der Waals surface area contributed by atoms with Crippen molar-refractivity contribution in [2.24, 2.45) is 0 Å². The molecule has 0 saturated carbocycles. The highest BCUT2D eigenvalue weighted by Gasteiger charge is 2.40. The van der Waals surface area contributed by atoms with E-state index < -0.39 is 11.7 Å². The van der Waals surface area contributed by atoms with E-state index in [0.717, 1.165) is 31.6 Å². The van der Waals surface area contributed by atoms with Crippen molar-refractivity contribution in [3.63, 3.8) is 0 Å². The number of nitrogens with one attached hydrogen (secondary N) is 1. The zero-order chi connectivity index (χ0) is 20.7. The van der Waals surface area contributed by atoms with Gasteiger partial charge in [-0.2, -0.15) is 0 Å². The number of fused-ring (bicyclic) bond motifs is 1. The average Bonchev–Trinajstić information content (AvgIpc) is 3.32. The Bertz CT molecular complexity index is 1100. The third kappa shape index (κ3) is 3.32. The Balaban J connectivity index is 1.39. The fourth-order valence-corrected chi connectivity index (χ4v) is 4.11. The Hall–Kier alpha value is -2.95. The zero-order valence-electron chi connectivity index (χ0n) is 16.0. The number of carbonyl (C=O) groups is 1. The number of halogens is 1. The van der Waals surface area contributed by atoms with Crippen molar-refractivity contribution < 1.29 is 14.3 Å². The van der Waals surface area contributed by atoms with Crippen molar-refractivity contribution in [3.05, 3.63) is 41.4 Å². The second-order valence-electron chi connectivity index (χ2n) is 7.24. The van der Waals surface area contributed by atoms with Gasteiger partial charge in [0.05, 0.1) is 42.0 Å². The SMILES string of the molecule is Nc1nn2cc(Cl)cnc2c1C(=O)Nc1cnccc1N1CCC2(CC1)OCCO2. The molecule has 0 aromatic carbocycles. The Labute approximate surface area is 176 Å². The molecule has 3 aromatic rings. The maximum absolute atomic E-state index is 13.0. The van der Waals surface area contributed by atoms with Gasteiger partial charge < -0.3 is 25.4 Å². The maximum Gasteiger partial charge on any atom is 0.263 e. The van der Waals surface area contributed by atoms with Gasteiger partial charge in [0.15, 0.2) is 17.3 Å². The van der Waals surface area contributed by atoms with E-state index in [1.165, 1.54) is 10.7 Å². The molecule has 1 amide bonds. The van der Waals surface area contributed by atoms with E-state index in [9.17, 15) is 4.79 Å². The molecule has 2 aliphatic heterocycles. The Kier molecular flexibility index (Phi) is 4.69. The van der Waals surface area contributed by atoms with Crippen LogP contribution in [0.3, 0.4) is 0 Å². The van der Waals surface area contributed by atoms with Crippen LogP contribution >= 0.6 is 11.6 Å². The van der Waals surface area contributed by atoms with Crippen LogP contribution < -0.4 is 16.0 Å². The second-order valence-corrected chi connectivity index (χ2v) is 7.68. The van der Waals surface area contributed by atoms with Crippen LogP contribution in [0.1, 0.15) is 23.2 Å². The third-order valence-electron chi connectivity index (χ3n) is 5.42. The second kappa shape index (κ2) is 7.38. The molecule has 0 bridgehead atoms. The molecule has 5 heterocycles. The smallest absolute Gasteiger partial charge is 0.263 e. The molecule has 156 valence electrons. The molecule has 0 unspecified atom stereocenters. The summed E-state index contributed by atoms with van der Waals surface area (Å²) >= 11 is 5.95. The van der Waals surface area contributed by atoms with E-state index >= 15 is 0 Å². The highest BCUT2D eigenvalue weighted by atomic mass is 35.5. The van der Waals surface area contributed by atoms with Gasteiger partial charge in [-0.3, -0.25) is 9.78 Å². The summed E-state index contributed by atoms with van der Waals surface area (Å²) in [6.45, 7) is 2.76. The van der Waals surface area contributed by atoms with Gasteiger partial charge in [0.25, 0.3) is 5.91 Å². The molecule has 1 spiro atoms. The number of nitrogens with two attached hydrogens (primary N) is 1. The molecule has 2 aliphatic rings. The molecule has 5 rings (SSSR count). The van der Waals surface area contributed by atoms with Crippen LogP contribution in [0.4, 0.5) is 17.2 Å². The Morgan fingerprint density at radius 2 is 2.00 bits per heavy atom. The summed E-state index contributed by atoms with van der Waals surface area (Å²) < 4.78 is 13.0. The van der Waals surface area contributed by atoms with Crippen molar-refractivity contribution in [2.45, 2.75) is 18.6 Å². The minimum atomic E-state index is -0.467. The van der Waals surface area contributed by atoms with E-state index in [0.29, 0.717) is 29.6 Å². The first-order valence-electron chi connectivity index (χ1n) is 9.62. The third-order valence-corrected chi connectivity index (χ3v) is 5.62. The lowest BCUT2D eigenvalue weighted by molar-refractivity contribution is -0.169. The van der Waals surface area contributed by atoms with Crippen molar-refractivity contribution in [2.75, 3.05) is 42.3 Å². The van der Waals surface area contributed by atoms with Gasteiger partial charge in [-0.1, -0.05) is 11.6 Å². The van der Waals surface area contributed by atoms with Gasteiger partial charge >= 0.3 is 0 Å². The van der Waals surface area contributed by atoms with Crippen LogP contribution in [0.5, 0.6) is 0 Å². The highest BCUT2D eigenvalue weighted by Crippen LogP contribution is 2.35. The zero-order valence-corrected chi connectivity index (χ0v) is 16.8. The molecule has 3 N–H and O–H groups in total. The fourth-order valence-electron chi connectivity index (χ4n) is 3.97. The summed E-state index contributed by atoms with van der Waals surface area (Å²) in [5.41, 5.74) is 7.95. The highest BCUT2D eigenvalue weighted by molar-refractivity contribution is 6.30. The number of rotatable bonds is 3. The van der Waals surface area contributed by atoms with Crippen LogP contribution in [0.15, 0.2) is 30.9 Å². The van der Waals surface area contributed by atoms with Gasteiger partial charge in [0, 0.05) is 38.3 Å². The maximum atomic E-state index is 13.0. The lowest BCUT2D eigenvalue weighted by Crippen LogP contribution is -2.45. The van der Waals surface area contributed by atoms with E-state index in [1.54, 1.807) is 18.6 Å². The molecule has 3 aromatic heterocycles. The van der Waals surface area contributed by atoms with Gasteiger partial charge in [0.2, 0.25) is 0 Å². The number of pyridine rings is 1. The molecule has 2 fully saturated rings. The number of nitrogen functional groups attached to an aromatic ring is 1. The predicted octanol–water partition coefficient (Wildman–Crippen LogP) is 1.96. The van der Waals surface area contributed by atoms with Gasteiger partial charge in [-0.25, -0.2) is 9.50 Å². The number of carbonyl (C=O) groups excluding carboxylic acids is 1. The van der Waals surface area contributed by atoms with E-state index in [2.05, 4.69) is 25.3 Å². The Morgan fingerprint density at radius 1 is 1.23 bits per heavy atom. The fraction of sp³-hybridized carbons (Fsp3) is 0.368. The van der Waals surface area contributed by atoms with E-state index in [4.69, 9.17) is 26.8 Å². The lowest BCUT2D eigenvalue weighted by atomic mass is 10.0. The summed E-state index contributed by atoms with van der Waals surface area (Å²) in [6.07, 6.45) is 7.82. The monoisotopic (exact) mass is 429 g/mol. The number of hydrogen-bond acceptors (Lipinski definition) is 8. The summed E-state index contributed by atoms with van der Waals surface area (Å²) in [6, 6.07) is 1.88. The largest absolute Gasteiger partial charge is 0.381 e. The van der Waals surface area contributed by atoms with Gasteiger partial charge in [-0.05, 0) is 6.07 Å². The minimum absolute atomic E-state index is 0.0724. The summed E-state index contributed by atoms with van der Waals surface area (Å²) in [5, 5.41) is 7.42. The average molecular weight is 430 g/mol. The molecular formula is C19H20ClN7O3. The van der Waals surface area contributed by atoms with E-state index in [1.807, 2.05) is 6.07 Å². The number of ether oxygens (including phenoxy) is 2. The number of hydrogen-bond donors (Lipinski definition) is 2.